The van der Waals surface area contributed by atoms with E-state index in [1.54, 1.807) is 13.0 Å². The van der Waals surface area contributed by atoms with Crippen molar-refractivity contribution in [1.29, 1.82) is 0 Å². The van der Waals surface area contributed by atoms with Crippen molar-refractivity contribution in [2.45, 2.75) is 29.7 Å². The third-order valence-corrected chi connectivity index (χ3v) is 7.83. The van der Waals surface area contributed by atoms with Crippen LogP contribution in [0.4, 0.5) is 18.9 Å². The molecule has 162 valence electrons. The van der Waals surface area contributed by atoms with Crippen LogP contribution in [0.5, 0.6) is 0 Å². The van der Waals surface area contributed by atoms with Gasteiger partial charge in [-0.25, -0.2) is 8.42 Å². The Hall–Kier alpha value is -2.73. The first-order valence-electron chi connectivity index (χ1n) is 8.86. The summed E-state index contributed by atoms with van der Waals surface area (Å²) in [5.41, 5.74) is 1.15. The highest BCUT2D eigenvalue weighted by Crippen LogP contribution is 2.38. The van der Waals surface area contributed by atoms with E-state index in [1.807, 2.05) is 0 Å². The number of nitrogens with one attached hydrogen (secondary N) is 1. The number of hydrogen-bond acceptors (Lipinski definition) is 6. The minimum Gasteiger partial charge on any atom is -0.329 e. The van der Waals surface area contributed by atoms with Crippen LogP contribution < -0.4 is 5.32 Å². The van der Waals surface area contributed by atoms with Gasteiger partial charge in [-0.1, -0.05) is 21.1 Å². The maximum atomic E-state index is 12.8. The molecule has 1 N–H and O–H groups in total. The van der Waals surface area contributed by atoms with Crippen molar-refractivity contribution in [3.63, 3.8) is 0 Å². The molecule has 0 saturated carbocycles. The van der Waals surface area contributed by atoms with Gasteiger partial charge in [0.1, 0.15) is 0 Å². The molecule has 0 aliphatic carbocycles. The number of aromatic nitrogens is 2. The minimum absolute atomic E-state index is 0.00923. The summed E-state index contributed by atoms with van der Waals surface area (Å²) in [4.78, 5) is 16.1. The van der Waals surface area contributed by atoms with E-state index in [0.717, 1.165) is 0 Å². The summed E-state index contributed by atoms with van der Waals surface area (Å²) in [5, 5.41) is 5.27. The van der Waals surface area contributed by atoms with E-state index in [9.17, 15) is 26.4 Å². The summed E-state index contributed by atoms with van der Waals surface area (Å²) >= 11 is 3.33. The van der Waals surface area contributed by atoms with Crippen LogP contribution in [0.15, 0.2) is 50.3 Å². The van der Waals surface area contributed by atoms with Gasteiger partial charge in [0.05, 0.1) is 15.7 Å². The average Bonchev–Trinajstić information content (AvgIpc) is 3.28. The second-order valence-electron chi connectivity index (χ2n) is 6.91. The smallest absolute Gasteiger partial charge is 0.329 e. The molecule has 1 aliphatic rings. The number of alkyl halides is 3. The normalized spacial score (nSPS) is 17.4. The predicted molar refractivity (Wildman–Crippen MR) is 107 cm³/mol. The molecule has 1 amide bonds. The number of sulfone groups is 1. The summed E-state index contributed by atoms with van der Waals surface area (Å²) in [6, 6.07) is 8.75. The second-order valence-corrected chi connectivity index (χ2v) is 10.1. The van der Waals surface area contributed by atoms with Crippen LogP contribution in [-0.2, 0) is 22.4 Å². The van der Waals surface area contributed by atoms with Gasteiger partial charge < -0.3 is 9.84 Å². The van der Waals surface area contributed by atoms with Crippen molar-refractivity contribution in [3.8, 4) is 11.4 Å². The lowest BCUT2D eigenvalue weighted by atomic mass is 10.1. The number of carbonyl (C=O) groups excluding carboxylic acids is 1. The first-order chi connectivity index (χ1) is 14.5. The van der Waals surface area contributed by atoms with E-state index in [4.69, 9.17) is 0 Å². The zero-order valence-corrected chi connectivity index (χ0v) is 18.1. The Balaban J connectivity index is 1.59. The predicted octanol–water partition coefficient (Wildman–Crippen LogP) is 4.49. The van der Waals surface area contributed by atoms with Crippen LogP contribution in [0, 0.1) is 0 Å². The van der Waals surface area contributed by atoms with Crippen LogP contribution >= 0.6 is 15.9 Å². The highest BCUT2D eigenvalue weighted by molar-refractivity contribution is 9.10. The van der Waals surface area contributed by atoms with Gasteiger partial charge in [-0.2, -0.15) is 18.2 Å². The van der Waals surface area contributed by atoms with Gasteiger partial charge in [0.2, 0.25) is 5.82 Å². The van der Waals surface area contributed by atoms with Crippen LogP contribution in [0.2, 0.25) is 0 Å². The van der Waals surface area contributed by atoms with Crippen LogP contribution in [-0.4, -0.2) is 29.7 Å². The molecule has 0 saturated heterocycles. The van der Waals surface area contributed by atoms with Crippen LogP contribution in [0.3, 0.4) is 0 Å². The minimum atomic E-state index is -4.75. The van der Waals surface area contributed by atoms with Gasteiger partial charge in [-0.15, -0.1) is 0 Å². The first-order valence-corrected chi connectivity index (χ1v) is 11.2. The first kappa shape index (κ1) is 21.5. The highest BCUT2D eigenvalue weighted by Gasteiger charge is 2.39. The molecule has 2 aromatic carbocycles. The summed E-state index contributed by atoms with van der Waals surface area (Å²) in [6.07, 6.45) is -4.44. The lowest BCUT2D eigenvalue weighted by Gasteiger charge is -2.11. The number of nitrogens with zero attached hydrogens (tertiary/aromatic N) is 2. The summed E-state index contributed by atoms with van der Waals surface area (Å²) in [7, 11) is -3.64. The third kappa shape index (κ3) is 3.85. The number of hydrogen-bond donors (Lipinski definition) is 1. The van der Waals surface area contributed by atoms with Crippen molar-refractivity contribution in [1.82, 2.24) is 10.1 Å². The molecule has 0 spiro atoms. The van der Waals surface area contributed by atoms with Crippen LogP contribution in [0.1, 0.15) is 28.7 Å². The molecule has 0 bridgehead atoms. The number of fused-ring (bicyclic) bond motifs is 1. The Labute approximate surface area is 182 Å². The summed E-state index contributed by atoms with van der Waals surface area (Å²) in [5.74, 6) is -2.33. The number of carbonyl (C=O) groups is 1. The van der Waals surface area contributed by atoms with Gasteiger partial charge in [-0.05, 0) is 55.3 Å². The molecule has 12 heteroatoms. The van der Waals surface area contributed by atoms with E-state index >= 15 is 0 Å². The van der Waals surface area contributed by atoms with Crippen molar-refractivity contribution < 1.29 is 30.9 Å². The maximum absolute atomic E-state index is 12.8. The zero-order chi connectivity index (χ0) is 22.6. The van der Waals surface area contributed by atoms with E-state index in [2.05, 4.69) is 35.9 Å². The van der Waals surface area contributed by atoms with Crippen molar-refractivity contribution >= 4 is 37.4 Å². The Morgan fingerprint density at radius 2 is 1.87 bits per heavy atom. The maximum Gasteiger partial charge on any atom is 0.471 e. The molecule has 4 rings (SSSR count). The summed E-state index contributed by atoms with van der Waals surface area (Å²) < 4.78 is 68.0. The third-order valence-electron chi connectivity index (χ3n) is 4.82. The molecular formula is C19H13BrF3N3O4S. The molecule has 0 fully saturated rings. The van der Waals surface area contributed by atoms with Crippen molar-refractivity contribution in [2.24, 2.45) is 0 Å². The van der Waals surface area contributed by atoms with E-state index in [-0.39, 0.29) is 21.8 Å². The van der Waals surface area contributed by atoms with Gasteiger partial charge in [0, 0.05) is 15.7 Å². The number of rotatable bonds is 3. The SMILES string of the molecule is CC1Cc2c(Br)ccc(C(=O)Nc3ccc(-c4noc(C(F)(F)F)n4)cc3)c2S1(=O)=O. The van der Waals surface area contributed by atoms with E-state index in [1.165, 1.54) is 30.3 Å². The van der Waals surface area contributed by atoms with E-state index in [0.29, 0.717) is 22.1 Å². The van der Waals surface area contributed by atoms with Gasteiger partial charge >= 0.3 is 12.1 Å². The molecule has 1 atom stereocenters. The Bertz CT molecular complexity index is 1290. The summed E-state index contributed by atoms with van der Waals surface area (Å²) in [6.45, 7) is 1.59. The molecule has 1 aliphatic heterocycles. The quantitative estimate of drug-likeness (QED) is 0.551. The largest absolute Gasteiger partial charge is 0.471 e. The van der Waals surface area contributed by atoms with Gasteiger partial charge in [0.25, 0.3) is 5.91 Å². The fourth-order valence-electron chi connectivity index (χ4n) is 3.25. The molecule has 1 unspecified atom stereocenters. The topological polar surface area (TPSA) is 102 Å². The molecule has 1 aromatic heterocycles. The van der Waals surface area contributed by atoms with E-state index < -0.39 is 33.1 Å². The number of halogens is 4. The molecule has 31 heavy (non-hydrogen) atoms. The van der Waals surface area contributed by atoms with Gasteiger partial charge in [-0.3, -0.25) is 4.79 Å². The number of amides is 1. The molecule has 2 heterocycles. The molecule has 3 aromatic rings. The van der Waals surface area contributed by atoms with Crippen LogP contribution in [0.25, 0.3) is 11.4 Å². The van der Waals surface area contributed by atoms with Crippen molar-refractivity contribution in [2.75, 3.05) is 5.32 Å². The average molecular weight is 516 g/mol. The Morgan fingerprint density at radius 1 is 1.19 bits per heavy atom. The lowest BCUT2D eigenvalue weighted by molar-refractivity contribution is -0.159. The fraction of sp³-hybridized carbons (Fsp3) is 0.211. The molecule has 7 nitrogen and oxygen atoms in total. The Kier molecular flexibility index (Phi) is 5.16. The standard InChI is InChI=1S/C19H13BrF3N3O4S/c1-9-8-13-14(20)7-6-12(15(13)31(9,28)29)17(27)24-11-4-2-10(3-5-11)16-25-18(30-26-16)19(21,22)23/h2-7,9H,8H2,1H3,(H,24,27). The highest BCUT2D eigenvalue weighted by atomic mass is 79.9. The number of benzene rings is 2. The van der Waals surface area contributed by atoms with Gasteiger partial charge in [0.15, 0.2) is 9.84 Å². The second kappa shape index (κ2) is 7.45. The zero-order valence-electron chi connectivity index (χ0n) is 15.7. The molecular weight excluding hydrogens is 503 g/mol. The van der Waals surface area contributed by atoms with Crippen molar-refractivity contribution in [3.05, 3.63) is 57.9 Å². The monoisotopic (exact) mass is 515 g/mol. The number of anilines is 1. The molecule has 0 radical (unpaired) electrons. The Morgan fingerprint density at radius 3 is 2.48 bits per heavy atom. The lowest BCUT2D eigenvalue weighted by Crippen LogP contribution is -2.18. The fourth-order valence-corrected chi connectivity index (χ4v) is 5.67.